The van der Waals surface area contributed by atoms with Crippen molar-refractivity contribution in [2.45, 2.75) is 26.0 Å². The molecule has 4 nitrogen and oxygen atoms in total. The molecule has 0 aromatic rings. The molecule has 0 saturated carbocycles. The van der Waals surface area contributed by atoms with Crippen LogP contribution in [0, 0.1) is 0 Å². The van der Waals surface area contributed by atoms with Crippen molar-refractivity contribution >= 4 is 5.97 Å². The Labute approximate surface area is 77.8 Å². The van der Waals surface area contributed by atoms with Crippen molar-refractivity contribution in [3.05, 3.63) is 11.8 Å². The van der Waals surface area contributed by atoms with E-state index in [9.17, 15) is 9.90 Å². The molecule has 0 radical (unpaired) electrons. The first kappa shape index (κ1) is 10.1. The number of rotatable bonds is 2. The Kier molecular flexibility index (Phi) is 3.31. The average Bonchev–Trinajstić information content (AvgIpc) is 2.53. The predicted molar refractivity (Wildman–Crippen MR) is 47.7 cm³/mol. The van der Waals surface area contributed by atoms with Crippen LogP contribution in [0.3, 0.4) is 0 Å². The van der Waals surface area contributed by atoms with Gasteiger partial charge in [-0.15, -0.1) is 0 Å². The summed E-state index contributed by atoms with van der Waals surface area (Å²) >= 11 is 0. The van der Waals surface area contributed by atoms with E-state index < -0.39 is 6.23 Å². The van der Waals surface area contributed by atoms with E-state index in [-0.39, 0.29) is 5.97 Å². The normalized spacial score (nSPS) is 23.5. The van der Waals surface area contributed by atoms with Crippen molar-refractivity contribution in [1.29, 1.82) is 0 Å². The first-order valence-corrected chi connectivity index (χ1v) is 4.40. The van der Waals surface area contributed by atoms with E-state index >= 15 is 0 Å². The molecule has 13 heavy (non-hydrogen) atoms. The van der Waals surface area contributed by atoms with Crippen molar-refractivity contribution in [1.82, 2.24) is 4.90 Å². The van der Waals surface area contributed by atoms with Gasteiger partial charge in [0.1, 0.15) is 11.9 Å². The summed E-state index contributed by atoms with van der Waals surface area (Å²) in [6.07, 6.45) is 2.76. The summed E-state index contributed by atoms with van der Waals surface area (Å²) in [7, 11) is 1.34. The van der Waals surface area contributed by atoms with Gasteiger partial charge in [-0.25, -0.2) is 4.79 Å². The van der Waals surface area contributed by atoms with Crippen molar-refractivity contribution < 1.29 is 14.6 Å². The van der Waals surface area contributed by atoms with E-state index in [1.165, 1.54) is 7.11 Å². The number of ether oxygens (including phenoxy) is 1. The van der Waals surface area contributed by atoms with Crippen LogP contribution in [0.15, 0.2) is 11.8 Å². The van der Waals surface area contributed by atoms with Crippen molar-refractivity contribution in [2.24, 2.45) is 0 Å². The monoisotopic (exact) mass is 185 g/mol. The van der Waals surface area contributed by atoms with Gasteiger partial charge >= 0.3 is 5.97 Å². The highest BCUT2D eigenvalue weighted by molar-refractivity contribution is 5.87. The SMILES string of the molecule is C/C=C(\C(=O)OC)N1CCCC1O. The van der Waals surface area contributed by atoms with Gasteiger partial charge in [0.15, 0.2) is 0 Å². The van der Waals surface area contributed by atoms with Gasteiger partial charge in [-0.2, -0.15) is 0 Å². The van der Waals surface area contributed by atoms with E-state index in [1.54, 1.807) is 17.9 Å². The largest absolute Gasteiger partial charge is 0.464 e. The molecule has 4 heteroatoms. The fourth-order valence-electron chi connectivity index (χ4n) is 1.54. The highest BCUT2D eigenvalue weighted by Gasteiger charge is 2.27. The number of likely N-dealkylation sites (tertiary alicyclic amines) is 1. The molecule has 0 aliphatic carbocycles. The molecule has 1 N–H and O–H groups in total. The molecule has 1 unspecified atom stereocenters. The second-order valence-electron chi connectivity index (χ2n) is 2.98. The third kappa shape index (κ3) is 2.01. The van der Waals surface area contributed by atoms with Gasteiger partial charge < -0.3 is 14.7 Å². The molecule has 1 heterocycles. The minimum Gasteiger partial charge on any atom is -0.464 e. The van der Waals surface area contributed by atoms with E-state index in [0.717, 1.165) is 13.0 Å². The molecular formula is C9H15NO3. The fraction of sp³-hybridized carbons (Fsp3) is 0.667. The summed E-state index contributed by atoms with van der Waals surface area (Å²) in [5.74, 6) is -0.386. The number of carbonyl (C=O) groups excluding carboxylic acids is 1. The number of allylic oxidation sites excluding steroid dienone is 1. The first-order chi connectivity index (χ1) is 6.20. The second-order valence-corrected chi connectivity index (χ2v) is 2.98. The van der Waals surface area contributed by atoms with Crippen molar-refractivity contribution in [2.75, 3.05) is 13.7 Å². The molecule has 0 spiro atoms. The van der Waals surface area contributed by atoms with Gasteiger partial charge in [0.25, 0.3) is 0 Å². The average molecular weight is 185 g/mol. The van der Waals surface area contributed by atoms with Crippen LogP contribution in [-0.2, 0) is 9.53 Å². The standard InChI is InChI=1S/C9H15NO3/c1-3-7(9(12)13-2)10-6-4-5-8(10)11/h3,8,11H,4-6H2,1-2H3/b7-3+. The number of nitrogens with zero attached hydrogens (tertiary/aromatic N) is 1. The van der Waals surface area contributed by atoms with Gasteiger partial charge in [-0.05, 0) is 19.8 Å². The lowest BCUT2D eigenvalue weighted by atomic mass is 10.3. The minimum absolute atomic E-state index is 0.386. The fourth-order valence-corrected chi connectivity index (χ4v) is 1.54. The Hall–Kier alpha value is -1.03. The molecule has 1 saturated heterocycles. The van der Waals surface area contributed by atoms with Gasteiger partial charge in [0.05, 0.1) is 7.11 Å². The lowest BCUT2D eigenvalue weighted by Gasteiger charge is -2.23. The molecule has 1 aliphatic heterocycles. The number of hydrogen-bond donors (Lipinski definition) is 1. The predicted octanol–water partition coefficient (Wildman–Crippen LogP) is 0.477. The van der Waals surface area contributed by atoms with Crippen LogP contribution in [0.5, 0.6) is 0 Å². The number of esters is 1. The Balaban J connectivity index is 2.72. The van der Waals surface area contributed by atoms with Crippen LogP contribution < -0.4 is 0 Å². The molecule has 1 atom stereocenters. The van der Waals surface area contributed by atoms with Crippen LogP contribution in [-0.4, -0.2) is 35.9 Å². The first-order valence-electron chi connectivity index (χ1n) is 4.40. The third-order valence-electron chi connectivity index (χ3n) is 2.20. The molecule has 0 amide bonds. The zero-order valence-corrected chi connectivity index (χ0v) is 7.99. The second kappa shape index (κ2) is 4.28. The summed E-state index contributed by atoms with van der Waals surface area (Å²) in [5.41, 5.74) is 0.451. The molecule has 0 aromatic carbocycles. The van der Waals surface area contributed by atoms with E-state index in [0.29, 0.717) is 12.1 Å². The van der Waals surface area contributed by atoms with Crippen LogP contribution in [0.4, 0.5) is 0 Å². The number of aliphatic hydroxyl groups excluding tert-OH is 1. The maximum absolute atomic E-state index is 11.2. The lowest BCUT2D eigenvalue weighted by Crippen LogP contribution is -2.32. The number of aliphatic hydroxyl groups is 1. The van der Waals surface area contributed by atoms with Gasteiger partial charge in [0.2, 0.25) is 0 Å². The molecule has 0 aromatic heterocycles. The number of carbonyl (C=O) groups is 1. The highest BCUT2D eigenvalue weighted by Crippen LogP contribution is 2.20. The maximum Gasteiger partial charge on any atom is 0.354 e. The van der Waals surface area contributed by atoms with Gasteiger partial charge in [-0.1, -0.05) is 6.08 Å². The van der Waals surface area contributed by atoms with Crippen molar-refractivity contribution in [3.8, 4) is 0 Å². The van der Waals surface area contributed by atoms with Gasteiger partial charge in [-0.3, -0.25) is 0 Å². The molecule has 1 aliphatic rings. The van der Waals surface area contributed by atoms with Gasteiger partial charge in [0, 0.05) is 6.54 Å². The van der Waals surface area contributed by atoms with E-state index in [4.69, 9.17) is 0 Å². The molecule has 74 valence electrons. The summed E-state index contributed by atoms with van der Waals surface area (Å²) in [6, 6.07) is 0. The molecule has 0 bridgehead atoms. The lowest BCUT2D eigenvalue weighted by molar-refractivity contribution is -0.139. The highest BCUT2D eigenvalue weighted by atomic mass is 16.5. The van der Waals surface area contributed by atoms with E-state index in [2.05, 4.69) is 4.74 Å². The number of hydrogen-bond acceptors (Lipinski definition) is 4. The third-order valence-corrected chi connectivity index (χ3v) is 2.20. The Morgan fingerprint density at radius 1 is 1.69 bits per heavy atom. The summed E-state index contributed by atoms with van der Waals surface area (Å²) < 4.78 is 4.60. The Morgan fingerprint density at radius 2 is 2.38 bits per heavy atom. The summed E-state index contributed by atoms with van der Waals surface area (Å²) in [4.78, 5) is 12.9. The summed E-state index contributed by atoms with van der Waals surface area (Å²) in [6.45, 7) is 2.48. The zero-order chi connectivity index (χ0) is 9.84. The molecular weight excluding hydrogens is 170 g/mol. The Bertz CT molecular complexity index is 225. The van der Waals surface area contributed by atoms with Crippen LogP contribution in [0.2, 0.25) is 0 Å². The number of methoxy groups -OCH3 is 1. The van der Waals surface area contributed by atoms with Crippen LogP contribution in [0.1, 0.15) is 19.8 Å². The van der Waals surface area contributed by atoms with Crippen LogP contribution in [0.25, 0.3) is 0 Å². The van der Waals surface area contributed by atoms with E-state index in [1.807, 2.05) is 0 Å². The van der Waals surface area contributed by atoms with Crippen molar-refractivity contribution in [3.63, 3.8) is 0 Å². The molecule has 1 fully saturated rings. The molecule has 1 rings (SSSR count). The topological polar surface area (TPSA) is 49.8 Å². The summed E-state index contributed by atoms with van der Waals surface area (Å²) in [5, 5.41) is 9.51. The quantitative estimate of drug-likeness (QED) is 0.502. The maximum atomic E-state index is 11.2. The van der Waals surface area contributed by atoms with Crippen LogP contribution >= 0.6 is 0 Å². The zero-order valence-electron chi connectivity index (χ0n) is 7.99. The minimum atomic E-state index is -0.537. The Morgan fingerprint density at radius 3 is 2.77 bits per heavy atom. The smallest absolute Gasteiger partial charge is 0.354 e.